The van der Waals surface area contributed by atoms with Gasteiger partial charge in [0, 0.05) is 10.9 Å². The molecule has 1 aliphatic heterocycles. The molecule has 4 aromatic carbocycles. The van der Waals surface area contributed by atoms with Crippen LogP contribution in [0.2, 0.25) is 0 Å². The van der Waals surface area contributed by atoms with Gasteiger partial charge in [0.2, 0.25) is 5.88 Å². The van der Waals surface area contributed by atoms with E-state index >= 15 is 0 Å². The minimum absolute atomic E-state index is 0.180. The van der Waals surface area contributed by atoms with Crippen molar-refractivity contribution >= 4 is 21.5 Å². The SMILES string of the molecule is N#CC1=C(N)Oc2c(ccc3ccccc23)[C@H]1c1ccc2ccccc2c1. The Kier molecular flexibility index (Phi) is 3.38. The summed E-state index contributed by atoms with van der Waals surface area (Å²) in [5.41, 5.74) is 8.63. The van der Waals surface area contributed by atoms with Crippen molar-refractivity contribution < 1.29 is 4.74 Å². The van der Waals surface area contributed by atoms with Crippen molar-refractivity contribution in [1.82, 2.24) is 0 Å². The lowest BCUT2D eigenvalue weighted by Crippen LogP contribution is -2.21. The summed E-state index contributed by atoms with van der Waals surface area (Å²) in [6.45, 7) is 0. The molecule has 128 valence electrons. The predicted molar refractivity (Wildman–Crippen MR) is 107 cm³/mol. The summed E-state index contributed by atoms with van der Waals surface area (Å²) in [6.07, 6.45) is 0. The summed E-state index contributed by atoms with van der Waals surface area (Å²) in [4.78, 5) is 0. The molecule has 3 heteroatoms. The summed E-state index contributed by atoms with van der Waals surface area (Å²) in [7, 11) is 0. The molecule has 1 atom stereocenters. The smallest absolute Gasteiger partial charge is 0.205 e. The van der Waals surface area contributed by atoms with E-state index in [1.807, 2.05) is 42.5 Å². The highest BCUT2D eigenvalue weighted by Crippen LogP contribution is 2.45. The van der Waals surface area contributed by atoms with Crippen LogP contribution in [0.1, 0.15) is 17.0 Å². The van der Waals surface area contributed by atoms with E-state index in [4.69, 9.17) is 10.5 Å². The summed E-state index contributed by atoms with van der Waals surface area (Å²) < 4.78 is 5.92. The largest absolute Gasteiger partial charge is 0.440 e. The summed E-state index contributed by atoms with van der Waals surface area (Å²) in [6, 6.07) is 28.9. The van der Waals surface area contributed by atoms with Crippen LogP contribution in [-0.2, 0) is 0 Å². The molecule has 0 unspecified atom stereocenters. The lowest BCUT2D eigenvalue weighted by atomic mass is 9.82. The lowest BCUT2D eigenvalue weighted by Gasteiger charge is -2.27. The van der Waals surface area contributed by atoms with Crippen molar-refractivity contribution in [2.75, 3.05) is 0 Å². The quantitative estimate of drug-likeness (QED) is 0.513. The van der Waals surface area contributed by atoms with Crippen molar-refractivity contribution in [2.24, 2.45) is 5.73 Å². The molecule has 2 N–H and O–H groups in total. The van der Waals surface area contributed by atoms with Gasteiger partial charge in [-0.25, -0.2) is 0 Å². The third-order valence-electron chi connectivity index (χ3n) is 5.21. The Morgan fingerprint density at radius 2 is 1.52 bits per heavy atom. The Hall–Kier alpha value is -3.77. The minimum atomic E-state index is -0.243. The van der Waals surface area contributed by atoms with E-state index in [-0.39, 0.29) is 11.8 Å². The van der Waals surface area contributed by atoms with E-state index in [0.29, 0.717) is 5.57 Å². The Labute approximate surface area is 156 Å². The molecule has 3 nitrogen and oxygen atoms in total. The number of rotatable bonds is 1. The normalized spacial score (nSPS) is 16.0. The van der Waals surface area contributed by atoms with Crippen molar-refractivity contribution in [1.29, 1.82) is 5.26 Å². The second-order valence-electron chi connectivity index (χ2n) is 6.74. The number of nitrogens with zero attached hydrogens (tertiary/aromatic N) is 1. The van der Waals surface area contributed by atoms with Gasteiger partial charge in [0.25, 0.3) is 0 Å². The monoisotopic (exact) mass is 348 g/mol. The van der Waals surface area contributed by atoms with Crippen molar-refractivity contribution in [2.45, 2.75) is 5.92 Å². The van der Waals surface area contributed by atoms with E-state index in [1.165, 1.54) is 5.39 Å². The number of hydrogen-bond donors (Lipinski definition) is 1. The Morgan fingerprint density at radius 3 is 2.33 bits per heavy atom. The van der Waals surface area contributed by atoms with E-state index < -0.39 is 0 Å². The Bertz CT molecular complexity index is 1280. The summed E-state index contributed by atoms with van der Waals surface area (Å²) >= 11 is 0. The second kappa shape index (κ2) is 5.89. The fourth-order valence-corrected chi connectivity index (χ4v) is 3.92. The Balaban J connectivity index is 1.79. The van der Waals surface area contributed by atoms with E-state index in [1.54, 1.807) is 0 Å². The number of hydrogen-bond acceptors (Lipinski definition) is 3. The first-order valence-corrected chi connectivity index (χ1v) is 8.84. The molecule has 0 amide bonds. The van der Waals surface area contributed by atoms with Gasteiger partial charge in [0.15, 0.2) is 0 Å². The standard InChI is InChI=1S/C24H16N2O/c25-14-21-22(18-10-9-15-5-1-2-7-17(15)13-18)20-12-11-16-6-3-4-8-19(16)23(20)27-24(21)26/h1-13,22H,26H2/t22-/m1/s1. The van der Waals surface area contributed by atoms with Gasteiger partial charge in [-0.15, -0.1) is 0 Å². The molecule has 0 saturated heterocycles. The first kappa shape index (κ1) is 15.5. The molecule has 0 aromatic heterocycles. The number of nitrogens with two attached hydrogens (primary N) is 1. The average molecular weight is 348 g/mol. The topological polar surface area (TPSA) is 59.0 Å². The fraction of sp³-hybridized carbons (Fsp3) is 0.0417. The van der Waals surface area contributed by atoms with Gasteiger partial charge >= 0.3 is 0 Å². The zero-order chi connectivity index (χ0) is 18.4. The van der Waals surface area contributed by atoms with Crippen LogP contribution in [0.5, 0.6) is 5.75 Å². The predicted octanol–water partition coefficient (Wildman–Crippen LogP) is 5.21. The molecule has 1 aliphatic rings. The fourth-order valence-electron chi connectivity index (χ4n) is 3.92. The van der Waals surface area contributed by atoms with Crippen molar-refractivity contribution in [3.05, 3.63) is 101 Å². The molecule has 4 aromatic rings. The number of nitriles is 1. The highest BCUT2D eigenvalue weighted by atomic mass is 16.5. The maximum Gasteiger partial charge on any atom is 0.205 e. The molecule has 0 aliphatic carbocycles. The van der Waals surface area contributed by atoms with Crippen LogP contribution in [0.25, 0.3) is 21.5 Å². The van der Waals surface area contributed by atoms with Gasteiger partial charge in [-0.2, -0.15) is 5.26 Å². The highest BCUT2D eigenvalue weighted by Gasteiger charge is 2.31. The molecule has 0 saturated carbocycles. The first-order chi connectivity index (χ1) is 13.3. The summed E-state index contributed by atoms with van der Waals surface area (Å²) in [5, 5.41) is 14.2. The van der Waals surface area contributed by atoms with Crippen LogP contribution < -0.4 is 10.5 Å². The minimum Gasteiger partial charge on any atom is -0.440 e. The van der Waals surface area contributed by atoms with Crippen LogP contribution in [0.3, 0.4) is 0 Å². The van der Waals surface area contributed by atoms with E-state index in [0.717, 1.165) is 33.0 Å². The molecule has 0 radical (unpaired) electrons. The van der Waals surface area contributed by atoms with Gasteiger partial charge in [-0.1, -0.05) is 78.9 Å². The third-order valence-corrected chi connectivity index (χ3v) is 5.21. The maximum absolute atomic E-state index is 9.78. The number of ether oxygens (including phenoxy) is 1. The Morgan fingerprint density at radius 1 is 0.815 bits per heavy atom. The number of benzene rings is 4. The zero-order valence-corrected chi connectivity index (χ0v) is 14.5. The molecule has 0 fully saturated rings. The molecule has 0 bridgehead atoms. The van der Waals surface area contributed by atoms with Gasteiger partial charge in [0.1, 0.15) is 17.4 Å². The van der Waals surface area contributed by atoms with Crippen LogP contribution in [0.15, 0.2) is 90.3 Å². The molecular weight excluding hydrogens is 332 g/mol. The van der Waals surface area contributed by atoms with Crippen LogP contribution in [0, 0.1) is 11.3 Å². The van der Waals surface area contributed by atoms with Gasteiger partial charge in [-0.3, -0.25) is 0 Å². The molecule has 5 rings (SSSR count). The van der Waals surface area contributed by atoms with Gasteiger partial charge in [-0.05, 0) is 21.7 Å². The second-order valence-corrected chi connectivity index (χ2v) is 6.74. The van der Waals surface area contributed by atoms with Gasteiger partial charge in [0.05, 0.1) is 5.92 Å². The van der Waals surface area contributed by atoms with E-state index in [2.05, 4.69) is 42.5 Å². The molecular formula is C24H16N2O. The van der Waals surface area contributed by atoms with E-state index in [9.17, 15) is 5.26 Å². The molecule has 27 heavy (non-hydrogen) atoms. The van der Waals surface area contributed by atoms with Gasteiger partial charge < -0.3 is 10.5 Å². The third kappa shape index (κ3) is 2.35. The first-order valence-electron chi connectivity index (χ1n) is 8.84. The van der Waals surface area contributed by atoms with Crippen LogP contribution >= 0.6 is 0 Å². The van der Waals surface area contributed by atoms with Crippen molar-refractivity contribution in [3.63, 3.8) is 0 Å². The van der Waals surface area contributed by atoms with Crippen LogP contribution in [-0.4, -0.2) is 0 Å². The number of fused-ring (bicyclic) bond motifs is 4. The maximum atomic E-state index is 9.78. The zero-order valence-electron chi connectivity index (χ0n) is 14.5. The van der Waals surface area contributed by atoms with Crippen molar-refractivity contribution in [3.8, 4) is 11.8 Å². The average Bonchev–Trinajstić information content (AvgIpc) is 2.72. The summed E-state index contributed by atoms with van der Waals surface area (Å²) in [5.74, 6) is 0.676. The highest BCUT2D eigenvalue weighted by molar-refractivity contribution is 5.91. The van der Waals surface area contributed by atoms with Crippen LogP contribution in [0.4, 0.5) is 0 Å². The molecule has 1 heterocycles. The molecule has 0 spiro atoms. The lowest BCUT2D eigenvalue weighted by molar-refractivity contribution is 0.398. The number of allylic oxidation sites excluding steroid dienone is 1.